The van der Waals surface area contributed by atoms with E-state index in [9.17, 15) is 0 Å². The van der Waals surface area contributed by atoms with Crippen LogP contribution in [0.1, 0.15) is 40.0 Å². The maximum Gasteiger partial charge on any atom is 0.144 e. The summed E-state index contributed by atoms with van der Waals surface area (Å²) in [5.74, 6) is 0.918. The van der Waals surface area contributed by atoms with Crippen LogP contribution in [-0.4, -0.2) is 36.8 Å². The van der Waals surface area contributed by atoms with E-state index in [1.54, 1.807) is 0 Å². The van der Waals surface area contributed by atoms with E-state index in [0.717, 1.165) is 39.0 Å². The second kappa shape index (κ2) is 6.95. The lowest BCUT2D eigenvalue weighted by Crippen LogP contribution is -2.36. The third-order valence-corrected chi connectivity index (χ3v) is 3.88. The Kier molecular flexibility index (Phi) is 5.88. The molecule has 2 unspecified atom stereocenters. The highest BCUT2D eigenvalue weighted by molar-refractivity contribution is 5.85. The topological polar surface area (TPSA) is 79.9 Å². The van der Waals surface area contributed by atoms with Gasteiger partial charge in [-0.25, -0.2) is 0 Å². The molecule has 0 aromatic rings. The van der Waals surface area contributed by atoms with E-state index >= 15 is 0 Å². The van der Waals surface area contributed by atoms with E-state index in [0.29, 0.717) is 17.9 Å². The fourth-order valence-corrected chi connectivity index (χ4v) is 2.33. The quantitative estimate of drug-likeness (QED) is 0.212. The third kappa shape index (κ3) is 4.14. The van der Waals surface area contributed by atoms with Crippen molar-refractivity contribution in [3.05, 3.63) is 0 Å². The smallest absolute Gasteiger partial charge is 0.144 e. The van der Waals surface area contributed by atoms with Crippen molar-refractivity contribution in [1.29, 1.82) is 0 Å². The molecular formula is C13H27N3O2. The zero-order valence-corrected chi connectivity index (χ0v) is 11.8. The molecule has 0 aromatic heterocycles. The average Bonchev–Trinajstić information content (AvgIpc) is 2.80. The average molecular weight is 257 g/mol. The van der Waals surface area contributed by atoms with Gasteiger partial charge in [-0.05, 0) is 31.7 Å². The fourth-order valence-electron chi connectivity index (χ4n) is 2.33. The third-order valence-electron chi connectivity index (χ3n) is 3.88. The predicted molar refractivity (Wildman–Crippen MR) is 72.8 cm³/mol. The Balaban J connectivity index is 2.22. The standard InChI is InChI=1S/C13H27N3O2/c1-4-11-10(5-8-18-11)9-15-7-6-13(2,3)12(14)16-17/h10-11,15,17H,4-9H2,1-3H3,(H2,14,16). The molecule has 1 heterocycles. The number of hydrogen-bond acceptors (Lipinski definition) is 4. The van der Waals surface area contributed by atoms with Crippen molar-refractivity contribution in [3.8, 4) is 0 Å². The minimum atomic E-state index is -0.266. The van der Waals surface area contributed by atoms with Crippen LogP contribution in [0.3, 0.4) is 0 Å². The number of hydrogen-bond donors (Lipinski definition) is 3. The largest absolute Gasteiger partial charge is 0.409 e. The van der Waals surface area contributed by atoms with Crippen molar-refractivity contribution in [3.63, 3.8) is 0 Å². The summed E-state index contributed by atoms with van der Waals surface area (Å²) < 4.78 is 5.66. The molecule has 0 aliphatic carbocycles. The molecule has 1 aliphatic rings. The second-order valence-electron chi connectivity index (χ2n) is 5.69. The molecule has 1 saturated heterocycles. The van der Waals surface area contributed by atoms with Gasteiger partial charge in [0.1, 0.15) is 5.84 Å². The Morgan fingerprint density at radius 2 is 2.28 bits per heavy atom. The molecule has 5 heteroatoms. The van der Waals surface area contributed by atoms with Gasteiger partial charge in [0.15, 0.2) is 0 Å². The second-order valence-corrected chi connectivity index (χ2v) is 5.69. The lowest BCUT2D eigenvalue weighted by atomic mass is 9.88. The zero-order valence-electron chi connectivity index (χ0n) is 11.8. The van der Waals surface area contributed by atoms with Gasteiger partial charge in [-0.15, -0.1) is 0 Å². The van der Waals surface area contributed by atoms with E-state index in [-0.39, 0.29) is 5.41 Å². The first-order valence-corrected chi connectivity index (χ1v) is 6.81. The summed E-state index contributed by atoms with van der Waals surface area (Å²) in [5, 5.41) is 15.2. The first kappa shape index (κ1) is 15.2. The molecule has 4 N–H and O–H groups in total. The van der Waals surface area contributed by atoms with E-state index in [1.165, 1.54) is 0 Å². The van der Waals surface area contributed by atoms with Crippen LogP contribution in [0.4, 0.5) is 0 Å². The number of rotatable bonds is 7. The summed E-state index contributed by atoms with van der Waals surface area (Å²) in [6.45, 7) is 8.89. The molecule has 0 aromatic carbocycles. The van der Waals surface area contributed by atoms with Crippen molar-refractivity contribution in [1.82, 2.24) is 5.32 Å². The molecule has 1 fully saturated rings. The summed E-state index contributed by atoms with van der Waals surface area (Å²) in [6.07, 6.45) is 3.50. The van der Waals surface area contributed by atoms with Crippen LogP contribution in [0, 0.1) is 11.3 Å². The Labute approximate surface area is 110 Å². The highest BCUT2D eigenvalue weighted by Crippen LogP contribution is 2.23. The molecule has 5 nitrogen and oxygen atoms in total. The van der Waals surface area contributed by atoms with Gasteiger partial charge in [0, 0.05) is 18.6 Å². The summed E-state index contributed by atoms with van der Waals surface area (Å²) >= 11 is 0. The lowest BCUT2D eigenvalue weighted by Gasteiger charge is -2.24. The molecule has 2 atom stereocenters. The highest BCUT2D eigenvalue weighted by atomic mass is 16.5. The molecular weight excluding hydrogens is 230 g/mol. The van der Waals surface area contributed by atoms with E-state index in [4.69, 9.17) is 15.7 Å². The van der Waals surface area contributed by atoms with Gasteiger partial charge in [0.25, 0.3) is 0 Å². The number of ether oxygens (including phenoxy) is 1. The van der Waals surface area contributed by atoms with Gasteiger partial charge in [-0.2, -0.15) is 0 Å². The van der Waals surface area contributed by atoms with Crippen molar-refractivity contribution < 1.29 is 9.94 Å². The number of nitrogens with two attached hydrogens (primary N) is 1. The number of oxime groups is 1. The minimum Gasteiger partial charge on any atom is -0.409 e. The monoisotopic (exact) mass is 257 g/mol. The number of nitrogens with one attached hydrogen (secondary N) is 1. The van der Waals surface area contributed by atoms with E-state index in [2.05, 4.69) is 17.4 Å². The zero-order chi connectivity index (χ0) is 13.6. The van der Waals surface area contributed by atoms with E-state index < -0.39 is 0 Å². The fraction of sp³-hybridized carbons (Fsp3) is 0.923. The van der Waals surface area contributed by atoms with E-state index in [1.807, 2.05) is 13.8 Å². The van der Waals surface area contributed by atoms with Gasteiger partial charge in [-0.3, -0.25) is 0 Å². The summed E-state index contributed by atoms with van der Waals surface area (Å²) in [6, 6.07) is 0. The Hall–Kier alpha value is -0.810. The maximum atomic E-state index is 8.69. The summed E-state index contributed by atoms with van der Waals surface area (Å²) in [5.41, 5.74) is 5.39. The molecule has 0 saturated carbocycles. The summed E-state index contributed by atoms with van der Waals surface area (Å²) in [7, 11) is 0. The Morgan fingerprint density at radius 3 is 2.89 bits per heavy atom. The SMILES string of the molecule is CCC1OCCC1CNCCC(C)(C)C(N)=NO. The van der Waals surface area contributed by atoms with Crippen molar-refractivity contribution in [2.24, 2.45) is 22.2 Å². The van der Waals surface area contributed by atoms with Crippen LogP contribution >= 0.6 is 0 Å². The first-order valence-electron chi connectivity index (χ1n) is 6.81. The van der Waals surface area contributed by atoms with Gasteiger partial charge >= 0.3 is 0 Å². The Morgan fingerprint density at radius 1 is 1.56 bits per heavy atom. The van der Waals surface area contributed by atoms with Gasteiger partial charge in [0.2, 0.25) is 0 Å². The van der Waals surface area contributed by atoms with Gasteiger partial charge in [-0.1, -0.05) is 25.9 Å². The molecule has 1 aliphatic heterocycles. The van der Waals surface area contributed by atoms with Crippen LogP contribution in [-0.2, 0) is 4.74 Å². The van der Waals surface area contributed by atoms with Crippen LogP contribution in [0.5, 0.6) is 0 Å². The first-order chi connectivity index (χ1) is 8.51. The maximum absolute atomic E-state index is 8.69. The highest BCUT2D eigenvalue weighted by Gasteiger charge is 2.27. The van der Waals surface area contributed by atoms with Crippen LogP contribution in [0.15, 0.2) is 5.16 Å². The predicted octanol–water partition coefficient (Wildman–Crippen LogP) is 1.55. The molecule has 1 rings (SSSR count). The normalized spacial score (nSPS) is 25.6. The summed E-state index contributed by atoms with van der Waals surface area (Å²) in [4.78, 5) is 0. The van der Waals surface area contributed by atoms with Crippen LogP contribution in [0.2, 0.25) is 0 Å². The molecule has 0 amide bonds. The molecule has 0 radical (unpaired) electrons. The Bertz CT molecular complexity index is 279. The van der Waals surface area contributed by atoms with Crippen molar-refractivity contribution in [2.45, 2.75) is 46.1 Å². The van der Waals surface area contributed by atoms with Crippen molar-refractivity contribution >= 4 is 5.84 Å². The molecule has 106 valence electrons. The van der Waals surface area contributed by atoms with Gasteiger partial charge in [0.05, 0.1) is 6.10 Å². The van der Waals surface area contributed by atoms with Crippen molar-refractivity contribution in [2.75, 3.05) is 19.7 Å². The van der Waals surface area contributed by atoms with Crippen LogP contribution in [0.25, 0.3) is 0 Å². The number of amidine groups is 1. The number of nitrogens with zero attached hydrogens (tertiary/aromatic N) is 1. The lowest BCUT2D eigenvalue weighted by molar-refractivity contribution is 0.0872. The van der Waals surface area contributed by atoms with Gasteiger partial charge < -0.3 is 21.0 Å². The molecule has 18 heavy (non-hydrogen) atoms. The van der Waals surface area contributed by atoms with Crippen LogP contribution < -0.4 is 11.1 Å². The molecule has 0 spiro atoms. The minimum absolute atomic E-state index is 0.266. The molecule has 0 bridgehead atoms.